The van der Waals surface area contributed by atoms with Crippen molar-refractivity contribution in [3.05, 3.63) is 46.7 Å². The van der Waals surface area contributed by atoms with Gasteiger partial charge < -0.3 is 20.5 Å². The van der Waals surface area contributed by atoms with Crippen molar-refractivity contribution >= 4 is 28.9 Å². The third kappa shape index (κ3) is 2.57. The van der Waals surface area contributed by atoms with E-state index in [9.17, 15) is 9.18 Å². The minimum Gasteiger partial charge on any atom is -0.454 e. The summed E-state index contributed by atoms with van der Waals surface area (Å²) < 4.78 is 23.4. The van der Waals surface area contributed by atoms with E-state index in [2.05, 4.69) is 5.32 Å². The van der Waals surface area contributed by atoms with Crippen molar-refractivity contribution in [2.24, 2.45) is 0 Å². The van der Waals surface area contributed by atoms with Gasteiger partial charge in [0.15, 0.2) is 11.5 Å². The van der Waals surface area contributed by atoms with Crippen LogP contribution in [-0.4, -0.2) is 12.7 Å². The first-order valence-electron chi connectivity index (χ1n) is 6.00. The van der Waals surface area contributed by atoms with E-state index in [4.69, 9.17) is 26.8 Å². The van der Waals surface area contributed by atoms with Crippen LogP contribution in [0.15, 0.2) is 30.3 Å². The van der Waals surface area contributed by atoms with Gasteiger partial charge in [0.05, 0.1) is 22.0 Å². The number of carbonyl (C=O) groups excluding carboxylic acids is 1. The first-order valence-corrected chi connectivity index (χ1v) is 6.38. The number of ether oxygens (including phenoxy) is 2. The lowest BCUT2D eigenvalue weighted by Crippen LogP contribution is -2.13. The largest absolute Gasteiger partial charge is 0.454 e. The number of carbonyl (C=O) groups is 1. The number of fused-ring (bicyclic) bond motifs is 1. The average Bonchev–Trinajstić information content (AvgIpc) is 2.86. The second kappa shape index (κ2) is 5.14. The highest BCUT2D eigenvalue weighted by atomic mass is 35.5. The smallest absolute Gasteiger partial charge is 0.257 e. The predicted molar refractivity (Wildman–Crippen MR) is 76.3 cm³/mol. The van der Waals surface area contributed by atoms with E-state index in [0.717, 1.165) is 12.1 Å². The lowest BCUT2D eigenvalue weighted by atomic mass is 10.2. The second-order valence-corrected chi connectivity index (χ2v) is 4.78. The maximum Gasteiger partial charge on any atom is 0.257 e. The Bertz CT molecular complexity index is 736. The number of amides is 1. The molecule has 0 radical (unpaired) electrons. The maximum atomic E-state index is 13.0. The van der Waals surface area contributed by atoms with E-state index in [0.29, 0.717) is 22.9 Å². The molecule has 3 N–H and O–H groups in total. The van der Waals surface area contributed by atoms with Crippen molar-refractivity contribution < 1.29 is 18.7 Å². The maximum absolute atomic E-state index is 13.0. The number of benzene rings is 2. The van der Waals surface area contributed by atoms with Crippen molar-refractivity contribution in [3.8, 4) is 11.5 Å². The number of nitrogen functional groups attached to an aromatic ring is 1. The molecule has 108 valence electrons. The van der Waals surface area contributed by atoms with Crippen LogP contribution < -0.4 is 20.5 Å². The van der Waals surface area contributed by atoms with Gasteiger partial charge in [0, 0.05) is 12.1 Å². The van der Waals surface area contributed by atoms with Crippen molar-refractivity contribution in [1.29, 1.82) is 0 Å². The van der Waals surface area contributed by atoms with Crippen LogP contribution >= 0.6 is 11.6 Å². The summed E-state index contributed by atoms with van der Waals surface area (Å²) in [7, 11) is 0. The molecular formula is C14H10ClFN2O3. The Morgan fingerprint density at radius 1 is 1.24 bits per heavy atom. The summed E-state index contributed by atoms with van der Waals surface area (Å²) in [6.45, 7) is 0.107. The zero-order valence-corrected chi connectivity index (χ0v) is 11.4. The summed E-state index contributed by atoms with van der Waals surface area (Å²) >= 11 is 5.85. The molecule has 3 rings (SSSR count). The van der Waals surface area contributed by atoms with Gasteiger partial charge in [-0.15, -0.1) is 0 Å². The summed E-state index contributed by atoms with van der Waals surface area (Å²) in [6.07, 6.45) is 0. The van der Waals surface area contributed by atoms with Crippen LogP contribution in [0, 0.1) is 5.82 Å². The summed E-state index contributed by atoms with van der Waals surface area (Å²) in [6, 6.07) is 6.65. The highest BCUT2D eigenvalue weighted by Gasteiger charge is 2.18. The molecule has 0 unspecified atom stereocenters. The Morgan fingerprint density at radius 3 is 2.67 bits per heavy atom. The molecule has 0 saturated heterocycles. The molecule has 0 aliphatic carbocycles. The number of halogens is 2. The van der Waals surface area contributed by atoms with Gasteiger partial charge in [0.1, 0.15) is 5.82 Å². The molecule has 2 aromatic carbocycles. The van der Waals surface area contributed by atoms with Crippen LogP contribution in [0.2, 0.25) is 5.02 Å². The fraction of sp³-hybridized carbons (Fsp3) is 0.0714. The third-order valence-corrected chi connectivity index (χ3v) is 3.28. The van der Waals surface area contributed by atoms with Gasteiger partial charge in [-0.3, -0.25) is 4.79 Å². The Labute approximate surface area is 124 Å². The molecule has 5 nitrogen and oxygen atoms in total. The fourth-order valence-corrected chi connectivity index (χ4v) is 2.18. The van der Waals surface area contributed by atoms with Crippen LogP contribution in [0.4, 0.5) is 15.8 Å². The number of hydrogen-bond donors (Lipinski definition) is 2. The van der Waals surface area contributed by atoms with Crippen molar-refractivity contribution in [2.45, 2.75) is 0 Å². The van der Waals surface area contributed by atoms with E-state index in [1.807, 2.05) is 0 Å². The van der Waals surface area contributed by atoms with Crippen LogP contribution in [0.5, 0.6) is 11.5 Å². The van der Waals surface area contributed by atoms with E-state index < -0.39 is 11.7 Å². The van der Waals surface area contributed by atoms with Gasteiger partial charge in [-0.05, 0) is 18.2 Å². The van der Waals surface area contributed by atoms with Gasteiger partial charge in [-0.25, -0.2) is 4.39 Å². The van der Waals surface area contributed by atoms with Gasteiger partial charge in [-0.2, -0.15) is 0 Å². The first-order chi connectivity index (χ1) is 10.0. The lowest BCUT2D eigenvalue weighted by molar-refractivity contribution is 0.102. The van der Waals surface area contributed by atoms with Crippen LogP contribution in [0.25, 0.3) is 0 Å². The molecule has 7 heteroatoms. The van der Waals surface area contributed by atoms with Gasteiger partial charge in [-0.1, -0.05) is 11.6 Å². The molecule has 2 aromatic rings. The quantitative estimate of drug-likeness (QED) is 0.836. The Balaban J connectivity index is 1.88. The number of anilines is 2. The van der Waals surface area contributed by atoms with Crippen molar-refractivity contribution in [2.75, 3.05) is 17.8 Å². The minimum atomic E-state index is -0.515. The Morgan fingerprint density at radius 2 is 1.95 bits per heavy atom. The second-order valence-electron chi connectivity index (χ2n) is 4.37. The first kappa shape index (κ1) is 13.5. The SMILES string of the molecule is Nc1cc2c(cc1NC(=O)c1ccc(F)cc1Cl)OCO2. The van der Waals surface area contributed by atoms with E-state index in [1.54, 1.807) is 12.1 Å². The molecule has 0 atom stereocenters. The summed E-state index contributed by atoms with van der Waals surface area (Å²) in [5, 5.41) is 2.63. The topological polar surface area (TPSA) is 73.6 Å². The molecule has 0 saturated carbocycles. The van der Waals surface area contributed by atoms with Crippen molar-refractivity contribution in [3.63, 3.8) is 0 Å². The minimum absolute atomic E-state index is 0.0202. The Hall–Kier alpha value is -2.47. The normalized spacial score (nSPS) is 12.3. The third-order valence-electron chi connectivity index (χ3n) is 2.97. The molecule has 1 amide bonds. The molecule has 0 bridgehead atoms. The number of rotatable bonds is 2. The fourth-order valence-electron chi connectivity index (χ4n) is 1.93. The summed E-state index contributed by atoms with van der Waals surface area (Å²) in [4.78, 5) is 12.2. The van der Waals surface area contributed by atoms with Gasteiger partial charge in [0.2, 0.25) is 6.79 Å². The van der Waals surface area contributed by atoms with E-state index in [-0.39, 0.29) is 17.4 Å². The average molecular weight is 309 g/mol. The van der Waals surface area contributed by atoms with Gasteiger partial charge in [0.25, 0.3) is 5.91 Å². The van der Waals surface area contributed by atoms with Crippen LogP contribution in [0.3, 0.4) is 0 Å². The molecule has 0 aromatic heterocycles. The number of nitrogens with one attached hydrogen (secondary N) is 1. The Kier molecular flexibility index (Phi) is 3.31. The molecule has 1 aliphatic rings. The molecule has 1 heterocycles. The molecule has 21 heavy (non-hydrogen) atoms. The standard InChI is InChI=1S/C14H10ClFN2O3/c15-9-3-7(16)1-2-8(9)14(19)18-11-5-13-12(4-10(11)17)20-6-21-13/h1-5H,6,17H2,(H,18,19). The summed E-state index contributed by atoms with van der Waals surface area (Å²) in [5.41, 5.74) is 6.68. The van der Waals surface area contributed by atoms with Gasteiger partial charge >= 0.3 is 0 Å². The van der Waals surface area contributed by atoms with Crippen LogP contribution in [0.1, 0.15) is 10.4 Å². The zero-order chi connectivity index (χ0) is 15.0. The predicted octanol–water partition coefficient (Wildman–Crippen LogP) is 3.04. The van der Waals surface area contributed by atoms with E-state index >= 15 is 0 Å². The lowest BCUT2D eigenvalue weighted by Gasteiger charge is -2.10. The zero-order valence-electron chi connectivity index (χ0n) is 10.7. The number of nitrogens with two attached hydrogens (primary N) is 1. The van der Waals surface area contributed by atoms with E-state index in [1.165, 1.54) is 6.07 Å². The monoisotopic (exact) mass is 308 g/mol. The molecular weight excluding hydrogens is 299 g/mol. The molecule has 1 aliphatic heterocycles. The molecule has 0 fully saturated rings. The highest BCUT2D eigenvalue weighted by molar-refractivity contribution is 6.34. The van der Waals surface area contributed by atoms with Crippen molar-refractivity contribution in [1.82, 2.24) is 0 Å². The molecule has 0 spiro atoms. The van der Waals surface area contributed by atoms with Crippen LogP contribution in [-0.2, 0) is 0 Å². The highest BCUT2D eigenvalue weighted by Crippen LogP contribution is 2.38. The summed E-state index contributed by atoms with van der Waals surface area (Å²) in [5.74, 6) is -0.000254. The number of hydrogen-bond acceptors (Lipinski definition) is 4.